The lowest BCUT2D eigenvalue weighted by Gasteiger charge is -2.48. The van der Waals surface area contributed by atoms with E-state index >= 15 is 0 Å². The molecule has 0 N–H and O–H groups in total. The van der Waals surface area contributed by atoms with Crippen molar-refractivity contribution >= 4 is 15.9 Å². The number of nitrogens with zero attached hydrogens (tertiary/aromatic N) is 1. The van der Waals surface area contributed by atoms with Crippen LogP contribution in [0.2, 0.25) is 0 Å². The summed E-state index contributed by atoms with van der Waals surface area (Å²) < 4.78 is 23.2. The summed E-state index contributed by atoms with van der Waals surface area (Å²) in [5.41, 5.74) is -0.408. The molecule has 1 saturated carbocycles. The predicted molar refractivity (Wildman–Crippen MR) is 60.6 cm³/mol. The molecule has 0 aromatic heterocycles. The second-order valence-corrected chi connectivity index (χ2v) is 7.50. The van der Waals surface area contributed by atoms with Gasteiger partial charge in [-0.15, -0.1) is 0 Å². The number of sulfone groups is 1. The number of carbonyl (C=O) groups excluding carboxylic acids is 1. The van der Waals surface area contributed by atoms with Gasteiger partial charge < -0.3 is 0 Å². The van der Waals surface area contributed by atoms with Crippen LogP contribution in [0.3, 0.4) is 0 Å². The Balaban J connectivity index is 2.19. The van der Waals surface area contributed by atoms with Crippen LogP contribution in [-0.2, 0) is 14.6 Å². The zero-order chi connectivity index (χ0) is 11.8. The third kappa shape index (κ3) is 2.06. The Kier molecular flexibility index (Phi) is 2.93. The van der Waals surface area contributed by atoms with Gasteiger partial charge in [-0.05, 0) is 37.5 Å². The van der Waals surface area contributed by atoms with Crippen LogP contribution in [-0.4, -0.2) is 31.5 Å². The molecule has 16 heavy (non-hydrogen) atoms. The fourth-order valence-electron chi connectivity index (χ4n) is 3.20. The first-order chi connectivity index (χ1) is 7.47. The summed E-state index contributed by atoms with van der Waals surface area (Å²) in [7, 11) is -2.92. The van der Waals surface area contributed by atoms with Crippen molar-refractivity contribution in [2.45, 2.75) is 38.1 Å². The van der Waals surface area contributed by atoms with E-state index in [0.717, 1.165) is 19.3 Å². The van der Waals surface area contributed by atoms with E-state index in [1.807, 2.05) is 0 Å². The molecular weight excluding hydrogens is 226 g/mol. The van der Waals surface area contributed by atoms with Gasteiger partial charge in [0.15, 0.2) is 9.84 Å². The number of aliphatic imine (C=N–C) groups is 1. The van der Waals surface area contributed by atoms with Crippen LogP contribution in [0.25, 0.3) is 0 Å². The summed E-state index contributed by atoms with van der Waals surface area (Å²) in [5.74, 6) is 1.07. The summed E-state index contributed by atoms with van der Waals surface area (Å²) in [6, 6.07) is 0. The molecule has 1 unspecified atom stereocenters. The molecular formula is C11H17NO3S. The molecule has 1 heterocycles. The Morgan fingerprint density at radius 2 is 2.06 bits per heavy atom. The Morgan fingerprint density at radius 3 is 2.56 bits per heavy atom. The van der Waals surface area contributed by atoms with E-state index in [4.69, 9.17) is 0 Å². The second-order valence-electron chi connectivity index (χ2n) is 5.27. The van der Waals surface area contributed by atoms with Crippen molar-refractivity contribution in [3.63, 3.8) is 0 Å². The van der Waals surface area contributed by atoms with Crippen molar-refractivity contribution in [1.29, 1.82) is 0 Å². The molecule has 5 heteroatoms. The normalized spacial score (nSPS) is 41.8. The Bertz CT molecular complexity index is 417. The van der Waals surface area contributed by atoms with E-state index in [9.17, 15) is 13.2 Å². The Hall–Kier alpha value is -0.670. The molecule has 0 aromatic rings. The van der Waals surface area contributed by atoms with Crippen LogP contribution >= 0.6 is 0 Å². The molecule has 0 amide bonds. The zero-order valence-electron chi connectivity index (χ0n) is 9.48. The molecule has 2 aliphatic rings. The van der Waals surface area contributed by atoms with Gasteiger partial charge >= 0.3 is 0 Å². The van der Waals surface area contributed by atoms with Crippen molar-refractivity contribution in [2.24, 2.45) is 16.8 Å². The van der Waals surface area contributed by atoms with Crippen LogP contribution in [0.5, 0.6) is 0 Å². The Morgan fingerprint density at radius 1 is 1.38 bits per heavy atom. The highest BCUT2D eigenvalue weighted by molar-refractivity contribution is 7.91. The molecule has 1 atom stereocenters. The predicted octanol–water partition coefficient (Wildman–Crippen LogP) is 1.32. The minimum atomic E-state index is -2.92. The highest BCUT2D eigenvalue weighted by atomic mass is 32.2. The minimum absolute atomic E-state index is 0.0314. The molecule has 4 nitrogen and oxygen atoms in total. The van der Waals surface area contributed by atoms with E-state index in [0.29, 0.717) is 18.1 Å². The van der Waals surface area contributed by atoms with Crippen molar-refractivity contribution < 1.29 is 13.2 Å². The molecule has 2 rings (SSSR count). The first-order valence-corrected chi connectivity index (χ1v) is 7.59. The first kappa shape index (κ1) is 11.8. The summed E-state index contributed by atoms with van der Waals surface area (Å²) >= 11 is 0. The van der Waals surface area contributed by atoms with Gasteiger partial charge in [-0.3, -0.25) is 0 Å². The topological polar surface area (TPSA) is 63.6 Å². The van der Waals surface area contributed by atoms with Gasteiger partial charge in [-0.1, -0.05) is 6.92 Å². The molecule has 90 valence electrons. The van der Waals surface area contributed by atoms with Crippen molar-refractivity contribution in [2.75, 3.05) is 11.5 Å². The fraction of sp³-hybridized carbons (Fsp3) is 0.909. The van der Waals surface area contributed by atoms with Crippen molar-refractivity contribution in [3.05, 3.63) is 0 Å². The van der Waals surface area contributed by atoms with E-state index in [-0.39, 0.29) is 11.7 Å². The summed E-state index contributed by atoms with van der Waals surface area (Å²) in [5, 5.41) is 0. The average molecular weight is 243 g/mol. The molecule has 0 bridgehead atoms. The molecule has 1 saturated heterocycles. The molecule has 1 aliphatic carbocycles. The van der Waals surface area contributed by atoms with Crippen molar-refractivity contribution in [1.82, 2.24) is 0 Å². The van der Waals surface area contributed by atoms with Gasteiger partial charge in [0.25, 0.3) is 0 Å². The van der Waals surface area contributed by atoms with Gasteiger partial charge in [0.1, 0.15) is 0 Å². The van der Waals surface area contributed by atoms with Crippen LogP contribution in [0.1, 0.15) is 32.6 Å². The highest BCUT2D eigenvalue weighted by Crippen LogP contribution is 2.48. The maximum absolute atomic E-state index is 11.6. The third-order valence-corrected chi connectivity index (χ3v) is 5.72. The van der Waals surface area contributed by atoms with Gasteiger partial charge in [0.05, 0.1) is 17.0 Å². The van der Waals surface area contributed by atoms with Crippen LogP contribution in [0.15, 0.2) is 4.99 Å². The number of isocyanates is 1. The second kappa shape index (κ2) is 3.97. The van der Waals surface area contributed by atoms with Gasteiger partial charge in [0.2, 0.25) is 6.08 Å². The molecule has 2 fully saturated rings. The van der Waals surface area contributed by atoms with E-state index in [2.05, 4.69) is 11.9 Å². The minimum Gasteiger partial charge on any atom is -0.229 e. The van der Waals surface area contributed by atoms with Crippen molar-refractivity contribution in [3.8, 4) is 0 Å². The maximum Gasteiger partial charge on any atom is 0.235 e. The summed E-state index contributed by atoms with van der Waals surface area (Å²) in [6.07, 6.45) is 4.89. The van der Waals surface area contributed by atoms with Gasteiger partial charge in [-0.2, -0.15) is 4.99 Å². The lowest BCUT2D eigenvalue weighted by atomic mass is 9.62. The molecule has 0 spiro atoms. The van der Waals surface area contributed by atoms with Crippen LogP contribution in [0.4, 0.5) is 0 Å². The number of hydrogen-bond acceptors (Lipinski definition) is 4. The molecule has 0 radical (unpaired) electrons. The lowest BCUT2D eigenvalue weighted by molar-refractivity contribution is 0.0977. The lowest BCUT2D eigenvalue weighted by Crippen LogP contribution is -2.51. The quantitative estimate of drug-likeness (QED) is 0.542. The zero-order valence-corrected chi connectivity index (χ0v) is 10.3. The first-order valence-electron chi connectivity index (χ1n) is 5.77. The standard InChI is InChI=1S/C11H17NO3S/c1-9-5-11(6-9,12-8-13)10-3-2-4-16(14,15)7-10/h9-10H,2-7H2,1H3. The van der Waals surface area contributed by atoms with E-state index in [1.165, 1.54) is 0 Å². The largest absolute Gasteiger partial charge is 0.235 e. The average Bonchev–Trinajstić information content (AvgIpc) is 2.13. The fourth-order valence-corrected chi connectivity index (χ4v) is 5.06. The Labute approximate surface area is 96.1 Å². The maximum atomic E-state index is 11.6. The SMILES string of the molecule is CC1CC(N=C=O)(C2CCCS(=O)(=O)C2)C1. The van der Waals surface area contributed by atoms with Crippen LogP contribution < -0.4 is 0 Å². The smallest absolute Gasteiger partial charge is 0.229 e. The van der Waals surface area contributed by atoms with E-state index < -0.39 is 15.4 Å². The third-order valence-electron chi connectivity index (χ3n) is 3.90. The summed E-state index contributed by atoms with van der Waals surface area (Å²) in [4.78, 5) is 14.4. The highest BCUT2D eigenvalue weighted by Gasteiger charge is 2.50. The van der Waals surface area contributed by atoms with Gasteiger partial charge in [0, 0.05) is 0 Å². The van der Waals surface area contributed by atoms with Crippen LogP contribution in [0, 0.1) is 11.8 Å². The molecule has 0 aromatic carbocycles. The number of rotatable bonds is 2. The number of hydrogen-bond donors (Lipinski definition) is 0. The molecule has 1 aliphatic heterocycles. The summed E-state index contributed by atoms with van der Waals surface area (Å²) in [6.45, 7) is 2.11. The van der Waals surface area contributed by atoms with E-state index in [1.54, 1.807) is 6.08 Å². The van der Waals surface area contributed by atoms with Gasteiger partial charge in [-0.25, -0.2) is 13.2 Å². The monoisotopic (exact) mass is 243 g/mol.